The van der Waals surface area contributed by atoms with Gasteiger partial charge in [-0.1, -0.05) is 19.0 Å². The summed E-state index contributed by atoms with van der Waals surface area (Å²) in [4.78, 5) is 14.0. The maximum atomic E-state index is 12.3. The Morgan fingerprint density at radius 3 is 2.78 bits per heavy atom. The summed E-state index contributed by atoms with van der Waals surface area (Å²) in [5, 5.41) is 11.6. The zero-order valence-corrected chi connectivity index (χ0v) is 11.3. The van der Waals surface area contributed by atoms with Crippen LogP contribution in [0.1, 0.15) is 27.2 Å². The van der Waals surface area contributed by atoms with Crippen LogP contribution in [0.25, 0.3) is 0 Å². The van der Waals surface area contributed by atoms with E-state index in [4.69, 9.17) is 15.7 Å². The average Bonchev–Trinajstić information content (AvgIpc) is 2.79. The van der Waals surface area contributed by atoms with Crippen molar-refractivity contribution in [3.8, 4) is 0 Å². The van der Waals surface area contributed by atoms with Crippen LogP contribution in [0.4, 0.5) is 0 Å². The maximum Gasteiger partial charge on any atom is 0.251 e. The fourth-order valence-corrected chi connectivity index (χ4v) is 2.09. The predicted octanol–water partition coefficient (Wildman–Crippen LogP) is 0.642. The minimum absolute atomic E-state index is 0.0000831. The zero-order valence-electron chi connectivity index (χ0n) is 11.3. The van der Waals surface area contributed by atoms with Gasteiger partial charge in [-0.3, -0.25) is 4.79 Å². The molecule has 0 aromatic rings. The van der Waals surface area contributed by atoms with Gasteiger partial charge in [-0.25, -0.2) is 0 Å². The fraction of sp³-hybridized carbons (Fsp3) is 0.833. The van der Waals surface area contributed by atoms with Gasteiger partial charge in [-0.15, -0.1) is 0 Å². The molecule has 3 atom stereocenters. The Morgan fingerprint density at radius 2 is 2.33 bits per heavy atom. The summed E-state index contributed by atoms with van der Waals surface area (Å²) in [7, 11) is 0. The van der Waals surface area contributed by atoms with Gasteiger partial charge >= 0.3 is 0 Å². The van der Waals surface area contributed by atoms with Crippen molar-refractivity contribution in [2.24, 2.45) is 22.7 Å². The first-order valence-corrected chi connectivity index (χ1v) is 6.39. The van der Waals surface area contributed by atoms with E-state index in [-0.39, 0.29) is 29.7 Å². The smallest absolute Gasteiger partial charge is 0.251 e. The van der Waals surface area contributed by atoms with Crippen molar-refractivity contribution in [1.82, 2.24) is 4.90 Å². The molecule has 1 saturated heterocycles. The molecule has 1 fully saturated rings. The van der Waals surface area contributed by atoms with Gasteiger partial charge in [0.25, 0.3) is 5.91 Å². The third kappa shape index (κ3) is 3.35. The SMILES string of the molecule is CCN(CC(C)C(N)=NO)C(=O)C1OCCC1C. The van der Waals surface area contributed by atoms with Crippen molar-refractivity contribution in [2.75, 3.05) is 19.7 Å². The number of likely N-dealkylation sites (N-methyl/N-ethyl adjacent to an activating group) is 1. The second-order valence-corrected chi connectivity index (χ2v) is 4.86. The lowest BCUT2D eigenvalue weighted by Gasteiger charge is -2.27. The van der Waals surface area contributed by atoms with E-state index in [1.807, 2.05) is 20.8 Å². The molecule has 6 heteroatoms. The second-order valence-electron chi connectivity index (χ2n) is 4.86. The number of nitrogens with zero attached hydrogens (tertiary/aromatic N) is 2. The van der Waals surface area contributed by atoms with Crippen LogP contribution in [0.15, 0.2) is 5.16 Å². The molecule has 0 radical (unpaired) electrons. The quantitative estimate of drug-likeness (QED) is 0.327. The molecule has 1 aliphatic rings. The Kier molecular flexibility index (Phi) is 5.40. The molecule has 0 spiro atoms. The van der Waals surface area contributed by atoms with Gasteiger partial charge in [-0.2, -0.15) is 0 Å². The highest BCUT2D eigenvalue weighted by molar-refractivity contribution is 5.84. The van der Waals surface area contributed by atoms with Crippen LogP contribution in [0.3, 0.4) is 0 Å². The average molecular weight is 257 g/mol. The number of hydrogen-bond acceptors (Lipinski definition) is 4. The number of nitrogens with two attached hydrogens (primary N) is 1. The highest BCUT2D eigenvalue weighted by Gasteiger charge is 2.34. The van der Waals surface area contributed by atoms with Crippen LogP contribution in [-0.2, 0) is 9.53 Å². The standard InChI is InChI=1S/C12H23N3O3/c1-4-15(7-9(3)11(13)14-17)12(16)10-8(2)5-6-18-10/h8-10,17H,4-7H2,1-3H3,(H2,13,14). The summed E-state index contributed by atoms with van der Waals surface area (Å²) in [6.45, 7) is 7.44. The van der Waals surface area contributed by atoms with Crippen LogP contribution in [0.5, 0.6) is 0 Å². The fourth-order valence-electron chi connectivity index (χ4n) is 2.09. The van der Waals surface area contributed by atoms with Crippen molar-refractivity contribution in [1.29, 1.82) is 0 Å². The number of amides is 1. The Hall–Kier alpha value is -1.30. The normalized spacial score (nSPS) is 26.1. The van der Waals surface area contributed by atoms with Crippen LogP contribution in [0.2, 0.25) is 0 Å². The second kappa shape index (κ2) is 6.58. The molecule has 104 valence electrons. The summed E-state index contributed by atoms with van der Waals surface area (Å²) >= 11 is 0. The van der Waals surface area contributed by atoms with Crippen molar-refractivity contribution in [3.63, 3.8) is 0 Å². The van der Waals surface area contributed by atoms with Crippen LogP contribution >= 0.6 is 0 Å². The van der Waals surface area contributed by atoms with Crippen molar-refractivity contribution in [3.05, 3.63) is 0 Å². The molecular formula is C12H23N3O3. The summed E-state index contributed by atoms with van der Waals surface area (Å²) in [6, 6.07) is 0. The van der Waals surface area contributed by atoms with E-state index < -0.39 is 0 Å². The van der Waals surface area contributed by atoms with Crippen LogP contribution in [0, 0.1) is 11.8 Å². The Labute approximate surface area is 108 Å². The third-order valence-corrected chi connectivity index (χ3v) is 3.44. The summed E-state index contributed by atoms with van der Waals surface area (Å²) < 4.78 is 5.48. The first kappa shape index (κ1) is 14.8. The van der Waals surface area contributed by atoms with Gasteiger partial charge < -0.3 is 20.6 Å². The molecular weight excluding hydrogens is 234 g/mol. The number of ether oxygens (including phenoxy) is 1. The lowest BCUT2D eigenvalue weighted by molar-refractivity contribution is -0.142. The minimum Gasteiger partial charge on any atom is -0.409 e. The molecule has 0 aliphatic carbocycles. The third-order valence-electron chi connectivity index (χ3n) is 3.44. The lowest BCUT2D eigenvalue weighted by Crippen LogP contribution is -2.45. The maximum absolute atomic E-state index is 12.3. The van der Waals surface area contributed by atoms with E-state index in [1.165, 1.54) is 0 Å². The van der Waals surface area contributed by atoms with Crippen LogP contribution in [-0.4, -0.2) is 47.7 Å². The topological polar surface area (TPSA) is 88.1 Å². The van der Waals surface area contributed by atoms with Gasteiger partial charge in [0.15, 0.2) is 0 Å². The lowest BCUT2D eigenvalue weighted by atomic mass is 10.0. The molecule has 3 unspecified atom stereocenters. The largest absolute Gasteiger partial charge is 0.409 e. The van der Waals surface area contributed by atoms with Crippen molar-refractivity contribution in [2.45, 2.75) is 33.3 Å². The first-order valence-electron chi connectivity index (χ1n) is 6.39. The van der Waals surface area contributed by atoms with E-state index in [2.05, 4.69) is 5.16 Å². The monoisotopic (exact) mass is 257 g/mol. The zero-order chi connectivity index (χ0) is 13.7. The number of oxime groups is 1. The molecule has 18 heavy (non-hydrogen) atoms. The summed E-state index contributed by atoms with van der Waals surface area (Å²) in [6.07, 6.45) is 0.577. The number of carbonyl (C=O) groups excluding carboxylic acids is 1. The highest BCUT2D eigenvalue weighted by Crippen LogP contribution is 2.22. The van der Waals surface area contributed by atoms with E-state index in [9.17, 15) is 4.79 Å². The molecule has 1 aliphatic heterocycles. The molecule has 3 N–H and O–H groups in total. The first-order chi connectivity index (χ1) is 8.51. The van der Waals surface area contributed by atoms with E-state index >= 15 is 0 Å². The minimum atomic E-state index is -0.343. The van der Waals surface area contributed by atoms with Gasteiger partial charge in [0.1, 0.15) is 11.9 Å². The van der Waals surface area contributed by atoms with Crippen LogP contribution < -0.4 is 5.73 Å². The Morgan fingerprint density at radius 1 is 1.67 bits per heavy atom. The molecule has 0 aromatic carbocycles. The molecule has 6 nitrogen and oxygen atoms in total. The summed E-state index contributed by atoms with van der Waals surface area (Å²) in [5.74, 6) is 0.225. The van der Waals surface area contributed by atoms with Gasteiger partial charge in [0.2, 0.25) is 0 Å². The van der Waals surface area contributed by atoms with E-state index in [1.54, 1.807) is 4.90 Å². The van der Waals surface area contributed by atoms with Gasteiger partial charge in [-0.05, 0) is 19.3 Å². The van der Waals surface area contributed by atoms with Gasteiger partial charge in [0, 0.05) is 25.6 Å². The van der Waals surface area contributed by atoms with E-state index in [0.717, 1.165) is 6.42 Å². The number of hydrogen-bond donors (Lipinski definition) is 2. The van der Waals surface area contributed by atoms with Crippen molar-refractivity contribution >= 4 is 11.7 Å². The molecule has 0 bridgehead atoms. The molecule has 1 heterocycles. The number of rotatable bonds is 5. The Balaban J connectivity index is 2.63. The molecule has 1 amide bonds. The van der Waals surface area contributed by atoms with Crippen molar-refractivity contribution < 1.29 is 14.7 Å². The molecule has 1 rings (SSSR count). The highest BCUT2D eigenvalue weighted by atomic mass is 16.5. The molecule has 0 saturated carbocycles. The Bertz CT molecular complexity index is 320. The summed E-state index contributed by atoms with van der Waals surface area (Å²) in [5.41, 5.74) is 5.53. The molecule has 0 aromatic heterocycles. The van der Waals surface area contributed by atoms with E-state index in [0.29, 0.717) is 19.7 Å². The number of amidine groups is 1. The van der Waals surface area contributed by atoms with Gasteiger partial charge in [0.05, 0.1) is 0 Å². The predicted molar refractivity (Wildman–Crippen MR) is 68.3 cm³/mol. The number of carbonyl (C=O) groups is 1.